The van der Waals surface area contributed by atoms with Crippen LogP contribution in [0, 0.1) is 5.92 Å². The summed E-state index contributed by atoms with van der Waals surface area (Å²) in [4.78, 5) is 13.1. The topological polar surface area (TPSA) is 66.8 Å². The van der Waals surface area contributed by atoms with Crippen LogP contribution < -0.4 is 0 Å². The van der Waals surface area contributed by atoms with E-state index in [4.69, 9.17) is 4.74 Å². The molecule has 2 aromatic carbocycles. The third-order valence-electron chi connectivity index (χ3n) is 6.90. The zero-order valence-corrected chi connectivity index (χ0v) is 19.7. The first kappa shape index (κ1) is 22.5. The van der Waals surface area contributed by atoms with Gasteiger partial charge in [-0.05, 0) is 40.8 Å². The molecule has 3 aliphatic carbocycles. The number of rotatable bonds is 9. The van der Waals surface area contributed by atoms with E-state index in [-0.39, 0.29) is 6.42 Å². The van der Waals surface area contributed by atoms with E-state index >= 15 is 0 Å². The maximum atomic E-state index is 13.1. The highest BCUT2D eigenvalue weighted by Crippen LogP contribution is 2.60. The number of halogens is 1. The Bertz CT molecular complexity index is 958. The van der Waals surface area contributed by atoms with Crippen LogP contribution in [0.3, 0.4) is 0 Å². The van der Waals surface area contributed by atoms with Gasteiger partial charge in [0.15, 0.2) is 0 Å². The minimum atomic E-state index is -1.51. The molecule has 166 valence electrons. The molecule has 0 aromatic heterocycles. The first-order valence-corrected chi connectivity index (χ1v) is 12.2. The van der Waals surface area contributed by atoms with Crippen molar-refractivity contribution in [1.29, 1.82) is 0 Å². The smallest absolute Gasteiger partial charge is 0.312 e. The van der Waals surface area contributed by atoms with Crippen molar-refractivity contribution in [2.75, 3.05) is 6.61 Å². The average Bonchev–Trinajstić information content (AvgIpc) is 2.77. The van der Waals surface area contributed by atoms with Crippen LogP contribution in [-0.4, -0.2) is 22.8 Å². The number of hydrogen-bond acceptors (Lipinski definition) is 4. The van der Waals surface area contributed by atoms with Crippen LogP contribution in [0.5, 0.6) is 0 Å². The van der Waals surface area contributed by atoms with E-state index in [2.05, 4.69) is 22.9 Å². The van der Waals surface area contributed by atoms with Crippen LogP contribution in [0.2, 0.25) is 0 Å². The molecule has 0 aliphatic heterocycles. The van der Waals surface area contributed by atoms with Crippen LogP contribution >= 0.6 is 15.9 Å². The molecule has 0 saturated heterocycles. The summed E-state index contributed by atoms with van der Waals surface area (Å²) in [6.07, 6.45) is 8.12. The fraction of sp³-hybridized carbons (Fsp3) is 0.500. The highest BCUT2D eigenvalue weighted by atomic mass is 79.9. The molecule has 0 amide bonds. The Labute approximate surface area is 192 Å². The normalized spacial score (nSPS) is 25.7. The number of fused-ring (bicyclic) bond motifs is 1. The molecule has 0 radical (unpaired) electrons. The van der Waals surface area contributed by atoms with E-state index < -0.39 is 23.1 Å². The second-order valence-corrected chi connectivity index (χ2v) is 9.82. The lowest BCUT2D eigenvalue weighted by molar-refractivity contribution is -0.167. The van der Waals surface area contributed by atoms with E-state index in [1.807, 2.05) is 30.3 Å². The first-order chi connectivity index (χ1) is 14.9. The van der Waals surface area contributed by atoms with E-state index in [1.54, 1.807) is 12.1 Å². The largest absolute Gasteiger partial charge is 0.465 e. The first-order valence-electron chi connectivity index (χ1n) is 11.4. The quantitative estimate of drug-likeness (QED) is 0.360. The molecule has 0 fully saturated rings. The number of carbonyl (C=O) groups is 1. The van der Waals surface area contributed by atoms with Crippen LogP contribution in [0.4, 0.5) is 0 Å². The van der Waals surface area contributed by atoms with Crippen molar-refractivity contribution in [3.8, 4) is 0 Å². The van der Waals surface area contributed by atoms with Gasteiger partial charge in [-0.1, -0.05) is 91.7 Å². The zero-order chi connectivity index (χ0) is 22.1. The molecule has 3 atom stereocenters. The summed E-state index contributed by atoms with van der Waals surface area (Å²) in [7, 11) is 0. The van der Waals surface area contributed by atoms with Crippen LogP contribution in [0.1, 0.15) is 80.5 Å². The molecule has 2 bridgehead atoms. The minimum Gasteiger partial charge on any atom is -0.465 e. The van der Waals surface area contributed by atoms with Crippen LogP contribution in [0.25, 0.3) is 0 Å². The number of ether oxygens (including phenoxy) is 1. The maximum absolute atomic E-state index is 13.1. The molecule has 0 saturated carbocycles. The molecule has 5 rings (SSSR count). The number of aliphatic hydroxyl groups is 2. The van der Waals surface area contributed by atoms with Gasteiger partial charge >= 0.3 is 5.97 Å². The molecule has 4 nitrogen and oxygen atoms in total. The molecular formula is C26H31BrO4. The zero-order valence-electron chi connectivity index (χ0n) is 18.1. The van der Waals surface area contributed by atoms with Crippen molar-refractivity contribution in [2.45, 2.75) is 69.5 Å². The fourth-order valence-electron chi connectivity index (χ4n) is 5.28. The summed E-state index contributed by atoms with van der Waals surface area (Å²) >= 11 is 3.47. The Morgan fingerprint density at radius 2 is 1.61 bits per heavy atom. The van der Waals surface area contributed by atoms with Gasteiger partial charge in [-0.2, -0.15) is 0 Å². The van der Waals surface area contributed by atoms with Gasteiger partial charge in [0.1, 0.15) is 11.2 Å². The van der Waals surface area contributed by atoms with Crippen LogP contribution in [-0.2, 0) is 20.7 Å². The Morgan fingerprint density at radius 1 is 0.968 bits per heavy atom. The van der Waals surface area contributed by atoms with Crippen LogP contribution in [0.15, 0.2) is 46.9 Å². The SMILES string of the molecule is CCCCCCCCCOC(=O)C1CC2(O)c3ccccc3C1(O)c1ccc(Br)cc12. The third-order valence-corrected chi connectivity index (χ3v) is 7.39. The van der Waals surface area contributed by atoms with Crippen molar-refractivity contribution in [3.63, 3.8) is 0 Å². The number of carbonyl (C=O) groups excluding carboxylic acids is 1. The monoisotopic (exact) mass is 486 g/mol. The third kappa shape index (κ3) is 3.85. The standard InChI is InChI=1S/C26H31BrO4/c1-2-3-4-5-6-7-10-15-31-24(28)23-17-25(29)19-11-8-9-12-20(19)26(23,30)21-14-13-18(27)16-22(21)25/h8-9,11-14,16,23,29-30H,2-7,10,15,17H2,1H3. The van der Waals surface area contributed by atoms with Gasteiger partial charge in [-0.25, -0.2) is 0 Å². The van der Waals surface area contributed by atoms with Gasteiger partial charge in [-0.15, -0.1) is 0 Å². The van der Waals surface area contributed by atoms with Gasteiger partial charge in [0.05, 0.1) is 12.5 Å². The molecule has 2 aromatic rings. The summed E-state index contributed by atoms with van der Waals surface area (Å²) in [5.74, 6) is -1.28. The lowest BCUT2D eigenvalue weighted by Crippen LogP contribution is -2.57. The van der Waals surface area contributed by atoms with Crippen molar-refractivity contribution < 1.29 is 19.7 Å². The van der Waals surface area contributed by atoms with Crippen molar-refractivity contribution >= 4 is 21.9 Å². The van der Waals surface area contributed by atoms with E-state index in [9.17, 15) is 15.0 Å². The molecule has 3 aliphatic rings. The lowest BCUT2D eigenvalue weighted by Gasteiger charge is -2.53. The Morgan fingerprint density at radius 3 is 2.35 bits per heavy atom. The van der Waals surface area contributed by atoms with Gasteiger partial charge < -0.3 is 14.9 Å². The second kappa shape index (κ2) is 9.05. The van der Waals surface area contributed by atoms with E-state index in [0.717, 1.165) is 23.7 Å². The van der Waals surface area contributed by atoms with Gasteiger partial charge in [0, 0.05) is 10.9 Å². The van der Waals surface area contributed by atoms with Gasteiger partial charge in [-0.3, -0.25) is 4.79 Å². The predicted octanol–water partition coefficient (Wildman–Crippen LogP) is 5.55. The minimum absolute atomic E-state index is 0.111. The maximum Gasteiger partial charge on any atom is 0.312 e. The Balaban J connectivity index is 1.52. The number of benzene rings is 2. The summed E-state index contributed by atoms with van der Waals surface area (Å²) < 4.78 is 6.43. The summed E-state index contributed by atoms with van der Waals surface area (Å²) in [5, 5.41) is 23.7. The Hall–Kier alpha value is -1.69. The van der Waals surface area contributed by atoms with Gasteiger partial charge in [0.2, 0.25) is 0 Å². The fourth-order valence-corrected chi connectivity index (χ4v) is 5.64. The highest BCUT2D eigenvalue weighted by molar-refractivity contribution is 9.10. The summed E-state index contributed by atoms with van der Waals surface area (Å²) in [6.45, 7) is 2.56. The van der Waals surface area contributed by atoms with Gasteiger partial charge in [0.25, 0.3) is 0 Å². The molecular weight excluding hydrogens is 456 g/mol. The highest BCUT2D eigenvalue weighted by Gasteiger charge is 2.62. The van der Waals surface area contributed by atoms with E-state index in [1.165, 1.54) is 25.7 Å². The molecule has 3 unspecified atom stereocenters. The average molecular weight is 487 g/mol. The molecule has 0 spiro atoms. The summed E-state index contributed by atoms with van der Waals surface area (Å²) in [6, 6.07) is 12.8. The second-order valence-electron chi connectivity index (χ2n) is 8.91. The molecule has 0 heterocycles. The van der Waals surface area contributed by atoms with Crippen molar-refractivity contribution in [3.05, 3.63) is 69.2 Å². The molecule has 31 heavy (non-hydrogen) atoms. The molecule has 5 heteroatoms. The number of unbranched alkanes of at least 4 members (excludes halogenated alkanes) is 6. The van der Waals surface area contributed by atoms with E-state index in [0.29, 0.717) is 28.9 Å². The number of esters is 1. The Kier molecular flexibility index (Phi) is 6.57. The predicted molar refractivity (Wildman–Crippen MR) is 124 cm³/mol. The van der Waals surface area contributed by atoms with Crippen molar-refractivity contribution in [1.82, 2.24) is 0 Å². The van der Waals surface area contributed by atoms with Crippen molar-refractivity contribution in [2.24, 2.45) is 5.92 Å². The number of hydrogen-bond donors (Lipinski definition) is 2. The molecule has 2 N–H and O–H groups in total. The summed E-state index contributed by atoms with van der Waals surface area (Å²) in [5.41, 5.74) is -0.340. The lowest BCUT2D eigenvalue weighted by atomic mass is 9.54.